The Morgan fingerprint density at radius 2 is 1.68 bits per heavy atom. The first-order chi connectivity index (χ1) is 10.7. The molecule has 0 aromatic carbocycles. The summed E-state index contributed by atoms with van der Waals surface area (Å²) in [4.78, 5) is 21.1. The van der Waals surface area contributed by atoms with Crippen molar-refractivity contribution in [3.05, 3.63) is 17.1 Å². The second-order valence-corrected chi connectivity index (χ2v) is 6.02. The minimum absolute atomic E-state index is 0.0517. The lowest BCUT2D eigenvalue weighted by Crippen LogP contribution is -2.01. The van der Waals surface area contributed by atoms with Gasteiger partial charge in [-0.2, -0.15) is 4.91 Å². The van der Waals surface area contributed by atoms with Crippen molar-refractivity contribution in [2.75, 3.05) is 0 Å². The van der Waals surface area contributed by atoms with E-state index in [1.807, 2.05) is 0 Å². The van der Waals surface area contributed by atoms with E-state index in [1.165, 1.54) is 19.3 Å². The average Bonchev–Trinajstić information content (AvgIpc) is 2.50. The zero-order valence-corrected chi connectivity index (χ0v) is 14.1. The van der Waals surface area contributed by atoms with Gasteiger partial charge in [0.25, 0.3) is 0 Å². The number of nitroso groups, excluding NO2 is 1. The van der Waals surface area contributed by atoms with Gasteiger partial charge in [-0.3, -0.25) is 4.79 Å². The van der Waals surface area contributed by atoms with E-state index in [-0.39, 0.29) is 12.5 Å². The Morgan fingerprint density at radius 3 is 2.36 bits per heavy atom. The highest BCUT2D eigenvalue weighted by atomic mass is 16.4. The molecule has 0 fully saturated rings. The molecule has 0 bridgehead atoms. The average molecular weight is 311 g/mol. The SMILES string of the molecule is CCCCCC[C@H](C/C=C\CCCCCCCC(=O)O)N=O. The van der Waals surface area contributed by atoms with Crippen molar-refractivity contribution in [1.29, 1.82) is 0 Å². The lowest BCUT2D eigenvalue weighted by molar-refractivity contribution is -0.137. The maximum Gasteiger partial charge on any atom is 0.303 e. The molecule has 0 saturated heterocycles. The van der Waals surface area contributed by atoms with E-state index >= 15 is 0 Å². The van der Waals surface area contributed by atoms with Crippen LogP contribution in [0.1, 0.15) is 90.4 Å². The summed E-state index contributed by atoms with van der Waals surface area (Å²) in [6, 6.07) is -0.0517. The van der Waals surface area contributed by atoms with Crippen LogP contribution in [0.3, 0.4) is 0 Å². The van der Waals surface area contributed by atoms with E-state index in [9.17, 15) is 9.70 Å². The quantitative estimate of drug-likeness (QED) is 0.221. The van der Waals surface area contributed by atoms with Gasteiger partial charge in [-0.15, -0.1) is 0 Å². The fourth-order valence-corrected chi connectivity index (χ4v) is 2.46. The molecule has 0 amide bonds. The highest BCUT2D eigenvalue weighted by Crippen LogP contribution is 2.12. The number of unbranched alkanes of at least 4 members (excludes halogenated alkanes) is 8. The van der Waals surface area contributed by atoms with Crippen molar-refractivity contribution in [1.82, 2.24) is 0 Å². The van der Waals surface area contributed by atoms with Crippen LogP contribution in [-0.2, 0) is 4.79 Å². The van der Waals surface area contributed by atoms with Gasteiger partial charge in [0.15, 0.2) is 0 Å². The van der Waals surface area contributed by atoms with Gasteiger partial charge >= 0.3 is 5.97 Å². The molecular formula is C18H33NO3. The summed E-state index contributed by atoms with van der Waals surface area (Å²) in [5.41, 5.74) is 0. The monoisotopic (exact) mass is 311 g/mol. The number of hydrogen-bond donors (Lipinski definition) is 1. The fraction of sp³-hybridized carbons (Fsp3) is 0.833. The van der Waals surface area contributed by atoms with Crippen LogP contribution < -0.4 is 0 Å². The van der Waals surface area contributed by atoms with E-state index in [4.69, 9.17) is 5.11 Å². The Balaban J connectivity index is 3.43. The number of allylic oxidation sites excluding steroid dienone is 1. The highest BCUT2D eigenvalue weighted by Gasteiger charge is 2.05. The maximum absolute atomic E-state index is 10.8. The zero-order valence-electron chi connectivity index (χ0n) is 14.1. The molecule has 0 rings (SSSR count). The zero-order chi connectivity index (χ0) is 16.5. The summed E-state index contributed by atoms with van der Waals surface area (Å²) in [7, 11) is 0. The van der Waals surface area contributed by atoms with Crippen molar-refractivity contribution in [2.45, 2.75) is 96.4 Å². The van der Waals surface area contributed by atoms with Crippen LogP contribution in [0.15, 0.2) is 17.3 Å². The third-order valence-corrected chi connectivity index (χ3v) is 3.88. The topological polar surface area (TPSA) is 66.7 Å². The molecule has 0 radical (unpaired) electrons. The van der Waals surface area contributed by atoms with Crippen LogP contribution in [0.2, 0.25) is 0 Å². The Hall–Kier alpha value is -1.19. The molecular weight excluding hydrogens is 278 g/mol. The summed E-state index contributed by atoms with van der Waals surface area (Å²) in [6.07, 6.45) is 17.2. The summed E-state index contributed by atoms with van der Waals surface area (Å²) in [6.45, 7) is 2.18. The van der Waals surface area contributed by atoms with Gasteiger partial charge in [0, 0.05) is 6.42 Å². The molecule has 0 aliphatic carbocycles. The molecule has 0 heterocycles. The predicted octanol–water partition coefficient (Wildman–Crippen LogP) is 5.85. The molecule has 0 unspecified atom stereocenters. The molecule has 0 aromatic rings. The summed E-state index contributed by atoms with van der Waals surface area (Å²) < 4.78 is 0. The Labute approximate surface area is 135 Å². The van der Waals surface area contributed by atoms with Crippen LogP contribution in [0.4, 0.5) is 0 Å². The normalized spacial score (nSPS) is 12.6. The van der Waals surface area contributed by atoms with E-state index in [0.717, 1.165) is 57.8 Å². The Kier molecular flexibility index (Phi) is 15.3. The van der Waals surface area contributed by atoms with Gasteiger partial charge in [-0.05, 0) is 32.1 Å². The van der Waals surface area contributed by atoms with Crippen LogP contribution in [0, 0.1) is 4.91 Å². The van der Waals surface area contributed by atoms with Gasteiger partial charge in [0.1, 0.15) is 0 Å². The first-order valence-electron chi connectivity index (χ1n) is 8.90. The van der Waals surface area contributed by atoms with Crippen LogP contribution in [-0.4, -0.2) is 17.1 Å². The maximum atomic E-state index is 10.8. The minimum Gasteiger partial charge on any atom is -0.481 e. The fourth-order valence-electron chi connectivity index (χ4n) is 2.46. The highest BCUT2D eigenvalue weighted by molar-refractivity contribution is 5.66. The van der Waals surface area contributed by atoms with Crippen molar-refractivity contribution in [3.8, 4) is 0 Å². The molecule has 0 aromatic heterocycles. The van der Waals surface area contributed by atoms with Crippen LogP contribution in [0.5, 0.6) is 0 Å². The van der Waals surface area contributed by atoms with Crippen LogP contribution in [0.25, 0.3) is 0 Å². The second kappa shape index (κ2) is 16.2. The Bertz CT molecular complexity index is 303. The predicted molar refractivity (Wildman–Crippen MR) is 92.1 cm³/mol. The van der Waals surface area contributed by atoms with Gasteiger partial charge in [-0.1, -0.05) is 69.2 Å². The molecule has 1 atom stereocenters. The lowest BCUT2D eigenvalue weighted by atomic mass is 10.0. The molecule has 0 spiro atoms. The standard InChI is InChI=1S/C18H33NO3/c1-2-3-4-11-14-17(19-22)15-12-9-7-5-6-8-10-13-16-18(20)21/h9,12,17H,2-8,10-11,13-16H2,1H3,(H,20,21)/b12-9-/t17-/m1/s1. The molecule has 0 aliphatic rings. The molecule has 128 valence electrons. The minimum atomic E-state index is -0.698. The number of carboxylic acid groups (broad SMARTS) is 1. The van der Waals surface area contributed by atoms with E-state index in [0.29, 0.717) is 0 Å². The number of carboxylic acids is 1. The van der Waals surface area contributed by atoms with Gasteiger partial charge < -0.3 is 5.11 Å². The van der Waals surface area contributed by atoms with Crippen molar-refractivity contribution < 1.29 is 9.90 Å². The van der Waals surface area contributed by atoms with E-state index < -0.39 is 5.97 Å². The first-order valence-corrected chi connectivity index (χ1v) is 8.90. The smallest absolute Gasteiger partial charge is 0.303 e. The molecule has 0 aliphatic heterocycles. The summed E-state index contributed by atoms with van der Waals surface area (Å²) >= 11 is 0. The molecule has 4 nitrogen and oxygen atoms in total. The second-order valence-electron chi connectivity index (χ2n) is 6.02. The van der Waals surface area contributed by atoms with Crippen molar-refractivity contribution in [2.24, 2.45) is 5.18 Å². The number of aliphatic carboxylic acids is 1. The molecule has 0 saturated carbocycles. The van der Waals surface area contributed by atoms with Gasteiger partial charge in [0.05, 0.1) is 6.04 Å². The van der Waals surface area contributed by atoms with E-state index in [2.05, 4.69) is 24.3 Å². The Morgan fingerprint density at radius 1 is 1.00 bits per heavy atom. The summed E-state index contributed by atoms with van der Waals surface area (Å²) in [5.74, 6) is -0.698. The third-order valence-electron chi connectivity index (χ3n) is 3.88. The largest absolute Gasteiger partial charge is 0.481 e. The van der Waals surface area contributed by atoms with Crippen LogP contribution >= 0.6 is 0 Å². The lowest BCUT2D eigenvalue weighted by Gasteiger charge is -2.05. The van der Waals surface area contributed by atoms with Gasteiger partial charge in [0.2, 0.25) is 0 Å². The third kappa shape index (κ3) is 15.2. The molecule has 1 N–H and O–H groups in total. The van der Waals surface area contributed by atoms with Crippen molar-refractivity contribution in [3.63, 3.8) is 0 Å². The number of hydrogen-bond acceptors (Lipinski definition) is 3. The number of carbonyl (C=O) groups is 1. The number of rotatable bonds is 16. The summed E-state index contributed by atoms with van der Waals surface area (Å²) in [5, 5.41) is 11.7. The molecule has 22 heavy (non-hydrogen) atoms. The number of nitrogens with zero attached hydrogens (tertiary/aromatic N) is 1. The van der Waals surface area contributed by atoms with Crippen molar-refractivity contribution >= 4 is 5.97 Å². The molecule has 4 heteroatoms. The first kappa shape index (κ1) is 20.8. The van der Waals surface area contributed by atoms with Gasteiger partial charge in [-0.25, -0.2) is 0 Å². The van der Waals surface area contributed by atoms with E-state index in [1.54, 1.807) is 0 Å².